The molecule has 0 bridgehead atoms. The van der Waals surface area contributed by atoms with E-state index in [1.165, 1.54) is 0 Å². The van der Waals surface area contributed by atoms with Crippen LogP contribution in [0.25, 0.3) is 22.5 Å². The molecular weight excluding hydrogens is 765 g/mol. The van der Waals surface area contributed by atoms with Crippen LogP contribution in [-0.2, 0) is 49.8 Å². The largest absolute Gasteiger partial charge is 0.483 e. The summed E-state index contributed by atoms with van der Waals surface area (Å²) in [5.74, 6) is 0. The van der Waals surface area contributed by atoms with Gasteiger partial charge in [0.1, 0.15) is 0 Å². The molecule has 0 amide bonds. The number of rotatable bonds is 2. The monoisotopic (exact) mass is 786 g/mol. The number of carbonyl (C=O) groups is 2. The molecule has 0 aliphatic rings. The first-order valence-corrected chi connectivity index (χ1v) is 8.68. The van der Waals surface area contributed by atoms with Crippen LogP contribution in [0.15, 0.2) is 97.3 Å². The molecule has 0 saturated carbocycles. The topological polar surface area (TPSA) is 100 Å². The van der Waals surface area contributed by atoms with E-state index in [9.17, 15) is 0 Å². The number of benzene rings is 2. The maximum Gasteiger partial charge on any atom is 0.290 e. The second kappa shape index (κ2) is 21.2. The van der Waals surface area contributed by atoms with Gasteiger partial charge in [0.2, 0.25) is 0 Å². The zero-order valence-corrected chi connectivity index (χ0v) is 21.5. The van der Waals surface area contributed by atoms with Crippen LogP contribution in [0.3, 0.4) is 0 Å². The third kappa shape index (κ3) is 13.3. The van der Waals surface area contributed by atoms with Gasteiger partial charge >= 0.3 is 0 Å². The van der Waals surface area contributed by atoms with Gasteiger partial charge in [-0.2, -0.15) is 0 Å². The van der Waals surface area contributed by atoms with Gasteiger partial charge in [-0.05, 0) is 23.5 Å². The fraction of sp³-hybridized carbons (Fsp3) is 0. The quantitative estimate of drug-likeness (QED) is 0.230. The van der Waals surface area contributed by atoms with E-state index in [1.807, 2.05) is 84.9 Å². The van der Waals surface area contributed by atoms with Crippen molar-refractivity contribution in [3.63, 3.8) is 0 Å². The molecule has 0 unspecified atom stereocenters. The van der Waals surface area contributed by atoms with Crippen molar-refractivity contribution in [3.05, 3.63) is 109 Å². The van der Waals surface area contributed by atoms with Crippen molar-refractivity contribution >= 4 is 12.9 Å². The van der Waals surface area contributed by atoms with Crippen LogP contribution in [0.4, 0.5) is 0 Å². The average molecular weight is 785 g/mol. The third-order valence-corrected chi connectivity index (χ3v) is 3.30. The minimum absolute atomic E-state index is 0. The van der Waals surface area contributed by atoms with Crippen LogP contribution >= 0.6 is 0 Å². The Morgan fingerprint density at radius 3 is 1.19 bits per heavy atom. The van der Waals surface area contributed by atoms with Crippen LogP contribution in [0.5, 0.6) is 0 Å². The summed E-state index contributed by atoms with van der Waals surface area (Å²) in [6.07, 6.45) is 3.58. The molecule has 0 fully saturated rings. The Morgan fingerprint density at radius 1 is 0.594 bits per heavy atom. The van der Waals surface area contributed by atoms with E-state index in [4.69, 9.17) is 19.8 Å². The van der Waals surface area contributed by atoms with E-state index >= 15 is 0 Å². The molecule has 0 saturated heterocycles. The third-order valence-electron chi connectivity index (χ3n) is 3.30. The van der Waals surface area contributed by atoms with Gasteiger partial charge in [-0.15, -0.1) is 71.8 Å². The molecule has 2 radical (unpaired) electrons. The summed E-state index contributed by atoms with van der Waals surface area (Å²) >= 11 is 0. The predicted molar refractivity (Wildman–Crippen MR) is 114 cm³/mol. The first-order valence-electron chi connectivity index (χ1n) is 8.68. The van der Waals surface area contributed by atoms with Gasteiger partial charge in [0, 0.05) is 52.6 Å². The number of pyridine rings is 2. The normalized spacial score (nSPS) is 8.00. The Balaban J connectivity index is 0. The van der Waals surface area contributed by atoms with Gasteiger partial charge in [0.15, 0.2) is 0 Å². The second-order valence-electron chi connectivity index (χ2n) is 5.19. The van der Waals surface area contributed by atoms with Crippen molar-refractivity contribution in [3.8, 4) is 22.5 Å². The number of hydrogen-bond acceptors (Lipinski definition) is 4. The van der Waals surface area contributed by atoms with Crippen molar-refractivity contribution in [1.29, 1.82) is 0 Å². The van der Waals surface area contributed by atoms with E-state index in [-0.39, 0.29) is 53.2 Å². The molecule has 0 aliphatic heterocycles. The summed E-state index contributed by atoms with van der Waals surface area (Å²) in [6, 6.07) is 33.6. The maximum atomic E-state index is 8.36. The van der Waals surface area contributed by atoms with Gasteiger partial charge in [-0.25, -0.2) is 0 Å². The zero-order chi connectivity index (χ0) is 21.9. The van der Waals surface area contributed by atoms with Gasteiger partial charge in [0.05, 0.1) is 0 Å². The Labute approximate surface area is 214 Å². The van der Waals surface area contributed by atoms with Gasteiger partial charge in [0.25, 0.3) is 12.9 Å². The van der Waals surface area contributed by atoms with E-state index < -0.39 is 0 Å². The fourth-order valence-corrected chi connectivity index (χ4v) is 2.15. The second-order valence-corrected chi connectivity index (χ2v) is 5.19. The summed E-state index contributed by atoms with van der Waals surface area (Å²) in [7, 11) is 0. The average Bonchev–Trinajstić information content (AvgIpc) is 2.83. The summed E-state index contributed by atoms with van der Waals surface area (Å²) in [6.45, 7) is -0.500. The first-order chi connectivity index (χ1) is 14.8. The van der Waals surface area contributed by atoms with Crippen LogP contribution < -0.4 is 0 Å². The van der Waals surface area contributed by atoms with E-state index in [0.29, 0.717) is 0 Å². The Hall–Kier alpha value is -3.02. The van der Waals surface area contributed by atoms with Crippen LogP contribution in [0.1, 0.15) is 0 Å². The SMILES string of the molecule is O=CO.O=CO.[Ir].[Ir].[c-]1ccccc1-c1ccccn1.[c-]1ccccc1-c1ccccn1. The van der Waals surface area contributed by atoms with Crippen molar-refractivity contribution in [2.45, 2.75) is 0 Å². The van der Waals surface area contributed by atoms with E-state index in [1.54, 1.807) is 12.4 Å². The molecule has 0 spiro atoms. The minimum Gasteiger partial charge on any atom is -0.483 e. The molecular formula is C24H20Ir2N2O4-2. The maximum absolute atomic E-state index is 8.36. The smallest absolute Gasteiger partial charge is 0.290 e. The number of nitrogens with zero attached hydrogens (tertiary/aromatic N) is 2. The molecule has 0 aliphatic carbocycles. The van der Waals surface area contributed by atoms with Crippen LogP contribution in [-0.4, -0.2) is 33.1 Å². The number of carboxylic acid groups (broad SMARTS) is 2. The summed E-state index contributed by atoms with van der Waals surface area (Å²) in [5, 5.41) is 13.8. The van der Waals surface area contributed by atoms with E-state index in [0.717, 1.165) is 22.5 Å². The molecule has 4 aromatic rings. The minimum atomic E-state index is -0.250. The number of hydrogen-bond donors (Lipinski definition) is 2. The fourth-order valence-electron chi connectivity index (χ4n) is 2.15. The summed E-state index contributed by atoms with van der Waals surface area (Å²) in [5.41, 5.74) is 4.02. The molecule has 2 aromatic carbocycles. The Kier molecular flexibility index (Phi) is 20.7. The van der Waals surface area contributed by atoms with Gasteiger partial charge in [-0.3, -0.25) is 9.59 Å². The van der Waals surface area contributed by atoms with E-state index in [2.05, 4.69) is 22.1 Å². The van der Waals surface area contributed by atoms with Crippen molar-refractivity contribution in [2.75, 3.05) is 0 Å². The predicted octanol–water partition coefficient (Wildman–Crippen LogP) is 4.49. The molecule has 8 heteroatoms. The molecule has 4 rings (SSSR count). The van der Waals surface area contributed by atoms with Crippen LogP contribution in [0.2, 0.25) is 0 Å². The molecule has 2 N–H and O–H groups in total. The molecule has 2 heterocycles. The van der Waals surface area contributed by atoms with Gasteiger partial charge in [-0.1, -0.05) is 24.3 Å². The summed E-state index contributed by atoms with van der Waals surface area (Å²) in [4.78, 5) is 25.2. The first kappa shape index (κ1) is 31.2. The van der Waals surface area contributed by atoms with Crippen molar-refractivity contribution < 1.29 is 60.0 Å². The Morgan fingerprint density at radius 2 is 0.938 bits per heavy atom. The molecule has 170 valence electrons. The summed E-state index contributed by atoms with van der Waals surface area (Å²) < 4.78 is 0. The molecule has 6 nitrogen and oxygen atoms in total. The Bertz CT molecular complexity index is 791. The molecule has 32 heavy (non-hydrogen) atoms. The number of aromatic nitrogens is 2. The zero-order valence-electron chi connectivity index (χ0n) is 16.7. The molecule has 2 aromatic heterocycles. The van der Waals surface area contributed by atoms with Gasteiger partial charge < -0.3 is 20.2 Å². The standard InChI is InChI=1S/2C11H8N.2CH2O2.2Ir/c2*1-2-6-10(7-3-1)11-8-4-5-9-12-11;2*2-1-3;;/h2*1-6,8-9H;2*1H,(H,2,3);;/q2*-1;;;;. The van der Waals surface area contributed by atoms with Crippen LogP contribution in [0, 0.1) is 12.1 Å². The van der Waals surface area contributed by atoms with Crippen molar-refractivity contribution in [1.82, 2.24) is 9.97 Å². The molecule has 0 atom stereocenters. The van der Waals surface area contributed by atoms with Crippen molar-refractivity contribution in [2.24, 2.45) is 0 Å².